The summed E-state index contributed by atoms with van der Waals surface area (Å²) in [5.41, 5.74) is 7.41. The molecule has 0 aliphatic rings. The highest BCUT2D eigenvalue weighted by atomic mass is 16.5. The molecule has 0 amide bonds. The molecule has 1 heterocycles. The van der Waals surface area contributed by atoms with Crippen molar-refractivity contribution in [2.75, 3.05) is 5.73 Å². The molecule has 1 aromatic rings. The quantitative estimate of drug-likeness (QED) is 0.797. The number of nitrogen functional groups attached to an aromatic ring is 1. The molecule has 0 aliphatic heterocycles. The first-order valence-corrected chi connectivity index (χ1v) is 6.03. The van der Waals surface area contributed by atoms with Crippen LogP contribution in [0, 0.1) is 0 Å². The minimum Gasteiger partial charge on any atom is -0.458 e. The number of hydrogen-bond donors (Lipinski definition) is 1. The molecule has 0 aliphatic carbocycles. The van der Waals surface area contributed by atoms with Crippen LogP contribution in [0.25, 0.3) is 0 Å². The molecule has 1 rings (SSSR count). The molecule has 5 heteroatoms. The molecule has 0 radical (unpaired) electrons. The van der Waals surface area contributed by atoms with Crippen molar-refractivity contribution in [2.24, 2.45) is 7.05 Å². The van der Waals surface area contributed by atoms with Crippen molar-refractivity contribution in [3.05, 3.63) is 11.4 Å². The topological polar surface area (TPSA) is 70.1 Å². The van der Waals surface area contributed by atoms with Crippen molar-refractivity contribution < 1.29 is 9.53 Å². The average molecular weight is 239 g/mol. The molecule has 1 aromatic heterocycles. The highest BCUT2D eigenvalue weighted by Gasteiger charge is 2.21. The van der Waals surface area contributed by atoms with Crippen LogP contribution in [0.3, 0.4) is 0 Å². The second-order valence-electron chi connectivity index (χ2n) is 4.19. The van der Waals surface area contributed by atoms with Gasteiger partial charge in [0.05, 0.1) is 17.5 Å². The first-order valence-electron chi connectivity index (χ1n) is 6.03. The summed E-state index contributed by atoms with van der Waals surface area (Å²) < 4.78 is 6.81. The van der Waals surface area contributed by atoms with Crippen molar-refractivity contribution in [2.45, 2.75) is 46.1 Å². The Kier molecular flexibility index (Phi) is 4.54. The summed E-state index contributed by atoms with van der Waals surface area (Å²) in [6, 6.07) is 0. The minimum absolute atomic E-state index is 0.0909. The standard InChI is InChI=1S/C12H21N3O2/c1-5-7-8(3)17-12(16)11-10(13)9(6-2)14-15(11)4/h8H,5-7,13H2,1-4H3. The van der Waals surface area contributed by atoms with Gasteiger partial charge in [-0.15, -0.1) is 0 Å². The highest BCUT2D eigenvalue weighted by Crippen LogP contribution is 2.18. The lowest BCUT2D eigenvalue weighted by molar-refractivity contribution is 0.0312. The molecule has 5 nitrogen and oxygen atoms in total. The Labute approximate surface area is 102 Å². The number of carbonyl (C=O) groups is 1. The molecule has 0 bridgehead atoms. The summed E-state index contributed by atoms with van der Waals surface area (Å²) in [5, 5.41) is 4.19. The molecule has 0 spiro atoms. The number of nitrogens with zero attached hydrogens (tertiary/aromatic N) is 2. The zero-order chi connectivity index (χ0) is 13.0. The number of aromatic nitrogens is 2. The lowest BCUT2D eigenvalue weighted by Crippen LogP contribution is -2.18. The molecule has 1 atom stereocenters. The van der Waals surface area contributed by atoms with Gasteiger partial charge in [0.15, 0.2) is 5.69 Å². The van der Waals surface area contributed by atoms with Crippen LogP contribution < -0.4 is 5.73 Å². The van der Waals surface area contributed by atoms with Crippen molar-refractivity contribution in [3.8, 4) is 0 Å². The summed E-state index contributed by atoms with van der Waals surface area (Å²) in [5.74, 6) is -0.391. The first-order chi connectivity index (χ1) is 8.01. The molecule has 0 fully saturated rings. The monoisotopic (exact) mass is 239 g/mol. The van der Waals surface area contributed by atoms with Gasteiger partial charge in [0.25, 0.3) is 0 Å². The van der Waals surface area contributed by atoms with Crippen molar-refractivity contribution in [1.29, 1.82) is 0 Å². The maximum atomic E-state index is 11.9. The van der Waals surface area contributed by atoms with Crippen LogP contribution in [-0.2, 0) is 18.2 Å². The van der Waals surface area contributed by atoms with Gasteiger partial charge in [-0.25, -0.2) is 4.79 Å². The third-order valence-corrected chi connectivity index (χ3v) is 2.69. The fourth-order valence-electron chi connectivity index (χ4n) is 1.80. The van der Waals surface area contributed by atoms with Crippen molar-refractivity contribution >= 4 is 11.7 Å². The molecule has 0 saturated carbocycles. The Balaban J connectivity index is 2.85. The Morgan fingerprint density at radius 3 is 2.65 bits per heavy atom. The van der Waals surface area contributed by atoms with Crippen molar-refractivity contribution in [1.82, 2.24) is 9.78 Å². The highest BCUT2D eigenvalue weighted by molar-refractivity contribution is 5.93. The van der Waals surface area contributed by atoms with Gasteiger partial charge in [0, 0.05) is 7.05 Å². The second kappa shape index (κ2) is 5.70. The molecule has 2 N–H and O–H groups in total. The normalized spacial score (nSPS) is 12.5. The Morgan fingerprint density at radius 2 is 2.18 bits per heavy atom. The van der Waals surface area contributed by atoms with E-state index in [9.17, 15) is 4.79 Å². The van der Waals surface area contributed by atoms with Gasteiger partial charge in [0.1, 0.15) is 0 Å². The van der Waals surface area contributed by atoms with E-state index in [4.69, 9.17) is 10.5 Å². The van der Waals surface area contributed by atoms with E-state index in [0.717, 1.165) is 18.5 Å². The molecule has 1 unspecified atom stereocenters. The molecule has 17 heavy (non-hydrogen) atoms. The maximum absolute atomic E-state index is 11.9. The summed E-state index contributed by atoms with van der Waals surface area (Å²) >= 11 is 0. The summed E-state index contributed by atoms with van der Waals surface area (Å²) in [6.45, 7) is 5.89. The van der Waals surface area contributed by atoms with Crippen LogP contribution in [0.4, 0.5) is 5.69 Å². The van der Waals surface area contributed by atoms with E-state index in [0.29, 0.717) is 17.8 Å². The van der Waals surface area contributed by atoms with E-state index in [2.05, 4.69) is 12.0 Å². The van der Waals surface area contributed by atoms with Gasteiger partial charge in [-0.2, -0.15) is 5.10 Å². The van der Waals surface area contributed by atoms with Crippen LogP contribution in [0.5, 0.6) is 0 Å². The fourth-order valence-corrected chi connectivity index (χ4v) is 1.80. The van der Waals surface area contributed by atoms with E-state index in [-0.39, 0.29) is 6.10 Å². The summed E-state index contributed by atoms with van der Waals surface area (Å²) in [7, 11) is 1.70. The van der Waals surface area contributed by atoms with E-state index in [1.54, 1.807) is 7.05 Å². The number of esters is 1. The van der Waals surface area contributed by atoms with Gasteiger partial charge in [-0.05, 0) is 19.8 Å². The van der Waals surface area contributed by atoms with Crippen molar-refractivity contribution in [3.63, 3.8) is 0 Å². The predicted octanol–water partition coefficient (Wildman–Crippen LogP) is 1.91. The van der Waals surface area contributed by atoms with Gasteiger partial charge >= 0.3 is 5.97 Å². The smallest absolute Gasteiger partial charge is 0.359 e. The van der Waals surface area contributed by atoms with Crippen LogP contribution in [0.15, 0.2) is 0 Å². The van der Waals surface area contributed by atoms with E-state index < -0.39 is 5.97 Å². The van der Waals surface area contributed by atoms with E-state index >= 15 is 0 Å². The maximum Gasteiger partial charge on any atom is 0.359 e. The van der Waals surface area contributed by atoms with Gasteiger partial charge in [-0.1, -0.05) is 20.3 Å². The number of carbonyl (C=O) groups excluding carboxylic acids is 1. The van der Waals surface area contributed by atoms with Crippen LogP contribution >= 0.6 is 0 Å². The summed E-state index contributed by atoms with van der Waals surface area (Å²) in [4.78, 5) is 11.9. The minimum atomic E-state index is -0.391. The summed E-state index contributed by atoms with van der Waals surface area (Å²) in [6.07, 6.45) is 2.45. The Hall–Kier alpha value is -1.52. The van der Waals surface area contributed by atoms with Gasteiger partial charge < -0.3 is 10.5 Å². The Bertz CT molecular complexity index is 399. The molecule has 0 aromatic carbocycles. The Morgan fingerprint density at radius 1 is 1.53 bits per heavy atom. The molecule has 96 valence electrons. The average Bonchev–Trinajstić information content (AvgIpc) is 2.53. The lowest BCUT2D eigenvalue weighted by Gasteiger charge is -2.12. The number of anilines is 1. The van der Waals surface area contributed by atoms with E-state index in [1.807, 2.05) is 13.8 Å². The number of hydrogen-bond acceptors (Lipinski definition) is 4. The SMILES string of the molecule is CCCC(C)OC(=O)c1c(N)c(CC)nn1C. The third-order valence-electron chi connectivity index (χ3n) is 2.69. The van der Waals surface area contributed by atoms with Gasteiger partial charge in [0.2, 0.25) is 0 Å². The number of aryl methyl sites for hydroxylation is 2. The number of nitrogens with two attached hydrogens (primary N) is 1. The fraction of sp³-hybridized carbons (Fsp3) is 0.667. The number of rotatable bonds is 5. The largest absolute Gasteiger partial charge is 0.458 e. The zero-order valence-electron chi connectivity index (χ0n) is 11.0. The molecular weight excluding hydrogens is 218 g/mol. The molecule has 0 saturated heterocycles. The first kappa shape index (κ1) is 13.5. The van der Waals surface area contributed by atoms with Crippen LogP contribution in [-0.4, -0.2) is 21.9 Å². The molecular formula is C12H21N3O2. The van der Waals surface area contributed by atoms with Crippen LogP contribution in [0.2, 0.25) is 0 Å². The zero-order valence-corrected chi connectivity index (χ0v) is 11.0. The lowest BCUT2D eigenvalue weighted by atomic mass is 10.2. The van der Waals surface area contributed by atoms with Crippen LogP contribution in [0.1, 0.15) is 49.8 Å². The second-order valence-corrected chi connectivity index (χ2v) is 4.19. The third kappa shape index (κ3) is 2.99. The predicted molar refractivity (Wildman–Crippen MR) is 66.8 cm³/mol. The number of ether oxygens (including phenoxy) is 1. The van der Waals surface area contributed by atoms with E-state index in [1.165, 1.54) is 4.68 Å². The van der Waals surface area contributed by atoms with Gasteiger partial charge in [-0.3, -0.25) is 4.68 Å².